The van der Waals surface area contributed by atoms with E-state index in [1.165, 1.54) is 6.07 Å². The second-order valence-corrected chi connectivity index (χ2v) is 3.01. The number of aromatic nitrogens is 2. The molecule has 0 atom stereocenters. The zero-order valence-electron chi connectivity index (χ0n) is 7.80. The molecule has 2 aromatic rings. The lowest BCUT2D eigenvalue weighted by Gasteiger charge is -2.04. The first kappa shape index (κ1) is 10.4. The van der Waals surface area contributed by atoms with Gasteiger partial charge in [0.15, 0.2) is 17.5 Å². The fourth-order valence-corrected chi connectivity index (χ4v) is 1.27. The summed E-state index contributed by atoms with van der Waals surface area (Å²) in [6.07, 6.45) is 0.651. The smallest absolute Gasteiger partial charge is 0.303 e. The van der Waals surface area contributed by atoms with Crippen molar-refractivity contribution in [2.75, 3.05) is 0 Å². The summed E-state index contributed by atoms with van der Waals surface area (Å²) in [6, 6.07) is 3.27. The molecule has 1 aromatic carbocycles. The number of rotatable bonds is 1. The largest absolute Gasteiger partial charge is 0.345 e. The van der Waals surface area contributed by atoms with Crippen molar-refractivity contribution >= 4 is 0 Å². The lowest BCUT2D eigenvalue weighted by molar-refractivity contribution is 0.509. The molecule has 0 aliphatic rings. The van der Waals surface area contributed by atoms with Crippen LogP contribution in [0.3, 0.4) is 0 Å². The third-order valence-corrected chi connectivity index (χ3v) is 1.99. The monoisotopic (exact) mass is 226 g/mol. The molecule has 0 saturated heterocycles. The highest BCUT2D eigenvalue weighted by Crippen LogP contribution is 2.23. The maximum atomic E-state index is 13.3. The van der Waals surface area contributed by atoms with E-state index in [0.29, 0.717) is 6.20 Å². The number of halogens is 3. The second kappa shape index (κ2) is 3.80. The van der Waals surface area contributed by atoms with E-state index in [9.17, 15) is 18.0 Å². The van der Waals surface area contributed by atoms with Crippen molar-refractivity contribution in [3.8, 4) is 11.3 Å². The van der Waals surface area contributed by atoms with Crippen LogP contribution in [0.5, 0.6) is 0 Å². The molecule has 0 saturated carbocycles. The number of hydrogen-bond acceptors (Lipinski definition) is 2. The zero-order valence-corrected chi connectivity index (χ0v) is 7.80. The Hall–Kier alpha value is -2.11. The molecule has 16 heavy (non-hydrogen) atoms. The normalized spacial score (nSPS) is 10.4. The minimum atomic E-state index is -1.22. The van der Waals surface area contributed by atoms with Crippen LogP contribution in [0.15, 0.2) is 29.2 Å². The summed E-state index contributed by atoms with van der Waals surface area (Å²) in [5, 5.41) is 0. The Balaban J connectivity index is 2.72. The summed E-state index contributed by atoms with van der Waals surface area (Å²) < 4.78 is 39.5. The van der Waals surface area contributed by atoms with Gasteiger partial charge in [0.25, 0.3) is 0 Å². The van der Waals surface area contributed by atoms with Crippen molar-refractivity contribution in [3.63, 3.8) is 0 Å². The van der Waals surface area contributed by atoms with Gasteiger partial charge in [0.05, 0.1) is 11.9 Å². The standard InChI is InChI=1S/C10H5F3N2O/c11-6-3-1-2-5(8(6)13)9-7(12)4-14-10(16)15-9/h1-4H,(H,14,15,16). The molecule has 0 bridgehead atoms. The van der Waals surface area contributed by atoms with E-state index in [1.54, 1.807) is 0 Å². The fourth-order valence-electron chi connectivity index (χ4n) is 1.27. The quantitative estimate of drug-likeness (QED) is 0.806. The van der Waals surface area contributed by atoms with E-state index in [4.69, 9.17) is 0 Å². The van der Waals surface area contributed by atoms with Gasteiger partial charge in [-0.3, -0.25) is 0 Å². The second-order valence-electron chi connectivity index (χ2n) is 3.01. The maximum absolute atomic E-state index is 13.3. The van der Waals surface area contributed by atoms with Crippen molar-refractivity contribution in [1.29, 1.82) is 0 Å². The van der Waals surface area contributed by atoms with E-state index < -0.39 is 28.8 Å². The molecule has 6 heteroatoms. The predicted molar refractivity (Wildman–Crippen MR) is 50.2 cm³/mol. The van der Waals surface area contributed by atoms with Crippen LogP contribution in [0.2, 0.25) is 0 Å². The molecule has 2 rings (SSSR count). The average molecular weight is 226 g/mol. The van der Waals surface area contributed by atoms with Gasteiger partial charge in [-0.2, -0.15) is 4.98 Å². The molecular formula is C10H5F3N2O. The van der Waals surface area contributed by atoms with Crippen molar-refractivity contribution < 1.29 is 13.2 Å². The van der Waals surface area contributed by atoms with Gasteiger partial charge >= 0.3 is 5.69 Å². The van der Waals surface area contributed by atoms with Crippen LogP contribution < -0.4 is 5.69 Å². The zero-order chi connectivity index (χ0) is 11.7. The van der Waals surface area contributed by atoms with Crippen LogP contribution in [-0.4, -0.2) is 9.97 Å². The van der Waals surface area contributed by atoms with Crippen LogP contribution in [-0.2, 0) is 0 Å². The first-order valence-electron chi connectivity index (χ1n) is 4.29. The Morgan fingerprint density at radius 3 is 2.62 bits per heavy atom. The van der Waals surface area contributed by atoms with Crippen LogP contribution in [0.4, 0.5) is 13.2 Å². The van der Waals surface area contributed by atoms with Gasteiger partial charge in [-0.25, -0.2) is 18.0 Å². The van der Waals surface area contributed by atoms with Crippen LogP contribution >= 0.6 is 0 Å². The summed E-state index contributed by atoms with van der Waals surface area (Å²) in [5.74, 6) is -3.26. The first-order chi connectivity index (χ1) is 7.59. The first-order valence-corrected chi connectivity index (χ1v) is 4.29. The molecule has 0 aliphatic heterocycles. The van der Waals surface area contributed by atoms with Gasteiger partial charge in [0.1, 0.15) is 0 Å². The third-order valence-electron chi connectivity index (χ3n) is 1.99. The summed E-state index contributed by atoms with van der Waals surface area (Å²) >= 11 is 0. The highest BCUT2D eigenvalue weighted by Gasteiger charge is 2.14. The molecule has 0 radical (unpaired) electrons. The Kier molecular flexibility index (Phi) is 2.47. The molecule has 1 heterocycles. The van der Waals surface area contributed by atoms with Gasteiger partial charge < -0.3 is 4.98 Å². The predicted octanol–water partition coefficient (Wildman–Crippen LogP) is 1.85. The lowest BCUT2D eigenvalue weighted by Crippen LogP contribution is -2.12. The van der Waals surface area contributed by atoms with Gasteiger partial charge in [0.2, 0.25) is 0 Å². The van der Waals surface area contributed by atoms with E-state index in [-0.39, 0.29) is 5.56 Å². The number of nitrogens with one attached hydrogen (secondary N) is 1. The van der Waals surface area contributed by atoms with Gasteiger partial charge in [-0.15, -0.1) is 0 Å². The Morgan fingerprint density at radius 2 is 1.88 bits per heavy atom. The molecule has 1 aromatic heterocycles. The summed E-state index contributed by atoms with van der Waals surface area (Å²) in [4.78, 5) is 16.0. The number of nitrogens with zero attached hydrogens (tertiary/aromatic N) is 1. The van der Waals surface area contributed by atoms with E-state index in [0.717, 1.165) is 12.1 Å². The minimum absolute atomic E-state index is 0.350. The highest BCUT2D eigenvalue weighted by molar-refractivity contribution is 5.59. The average Bonchev–Trinajstić information content (AvgIpc) is 2.26. The van der Waals surface area contributed by atoms with Crippen LogP contribution in [0.25, 0.3) is 11.3 Å². The van der Waals surface area contributed by atoms with Crippen LogP contribution in [0, 0.1) is 17.5 Å². The SMILES string of the molecule is O=c1ncc(F)c(-c2cccc(F)c2F)[nH]1. The topological polar surface area (TPSA) is 45.8 Å². The van der Waals surface area contributed by atoms with E-state index >= 15 is 0 Å². The molecule has 0 amide bonds. The fraction of sp³-hybridized carbons (Fsp3) is 0. The number of hydrogen-bond donors (Lipinski definition) is 1. The molecule has 1 N–H and O–H groups in total. The summed E-state index contributed by atoms with van der Waals surface area (Å²) in [5.41, 5.74) is -1.60. The van der Waals surface area contributed by atoms with E-state index in [1.807, 2.05) is 4.98 Å². The third kappa shape index (κ3) is 1.69. The van der Waals surface area contributed by atoms with Crippen LogP contribution in [0.1, 0.15) is 0 Å². The van der Waals surface area contributed by atoms with Crippen molar-refractivity contribution in [2.45, 2.75) is 0 Å². The number of aromatic amines is 1. The Bertz CT molecular complexity index is 595. The Labute approximate surface area is 87.6 Å². The lowest BCUT2D eigenvalue weighted by atomic mass is 10.1. The van der Waals surface area contributed by atoms with Gasteiger partial charge in [-0.1, -0.05) is 6.07 Å². The van der Waals surface area contributed by atoms with Crippen molar-refractivity contribution in [1.82, 2.24) is 9.97 Å². The van der Waals surface area contributed by atoms with Gasteiger partial charge in [-0.05, 0) is 12.1 Å². The molecular weight excluding hydrogens is 221 g/mol. The minimum Gasteiger partial charge on any atom is -0.303 e. The van der Waals surface area contributed by atoms with Crippen molar-refractivity contribution in [3.05, 3.63) is 52.3 Å². The molecule has 3 nitrogen and oxygen atoms in total. The summed E-state index contributed by atoms with van der Waals surface area (Å²) in [6.45, 7) is 0. The molecule has 0 spiro atoms. The number of benzene rings is 1. The molecule has 0 aliphatic carbocycles. The highest BCUT2D eigenvalue weighted by atomic mass is 19.2. The van der Waals surface area contributed by atoms with Crippen molar-refractivity contribution in [2.24, 2.45) is 0 Å². The molecule has 0 unspecified atom stereocenters. The van der Waals surface area contributed by atoms with Gasteiger partial charge in [0, 0.05) is 5.56 Å². The molecule has 82 valence electrons. The summed E-state index contributed by atoms with van der Waals surface area (Å²) in [7, 11) is 0. The van der Waals surface area contributed by atoms with E-state index in [2.05, 4.69) is 4.98 Å². The maximum Gasteiger partial charge on any atom is 0.345 e. The Morgan fingerprint density at radius 1 is 1.12 bits per heavy atom. The number of H-pyrrole nitrogens is 1. The molecule has 0 fully saturated rings.